The van der Waals surface area contributed by atoms with Crippen LogP contribution in [-0.2, 0) is 14.3 Å². The van der Waals surface area contributed by atoms with Gasteiger partial charge >= 0.3 is 5.97 Å². The van der Waals surface area contributed by atoms with Crippen LogP contribution in [0.2, 0.25) is 0 Å². The second kappa shape index (κ2) is 6.09. The van der Waals surface area contributed by atoms with Gasteiger partial charge in [-0.15, -0.1) is 0 Å². The molecule has 25 heavy (non-hydrogen) atoms. The molecule has 6 atom stereocenters. The number of hydrogen-bond donors (Lipinski definition) is 0. The van der Waals surface area contributed by atoms with Crippen molar-refractivity contribution in [1.29, 1.82) is 0 Å². The molecule has 3 rings (SSSR count). The van der Waals surface area contributed by atoms with E-state index in [1.165, 1.54) is 19.8 Å². The van der Waals surface area contributed by atoms with Crippen LogP contribution in [0, 0.1) is 33.5 Å². The van der Waals surface area contributed by atoms with Gasteiger partial charge in [-0.1, -0.05) is 33.6 Å². The highest BCUT2D eigenvalue weighted by Crippen LogP contribution is 2.70. The van der Waals surface area contributed by atoms with Crippen molar-refractivity contribution in [3.05, 3.63) is 0 Å². The number of ether oxygens (including phenoxy) is 1. The molecule has 0 aromatic rings. The number of esters is 1. The maximum atomic E-state index is 12.7. The third-order valence-corrected chi connectivity index (χ3v) is 8.84. The molecule has 3 nitrogen and oxygen atoms in total. The van der Waals surface area contributed by atoms with Gasteiger partial charge in [0.05, 0.1) is 12.5 Å². The Kier molecular flexibility index (Phi) is 4.61. The Morgan fingerprint density at radius 2 is 1.76 bits per heavy atom. The monoisotopic (exact) mass is 348 g/mol. The Labute approximate surface area is 153 Å². The Bertz CT molecular complexity index is 557. The van der Waals surface area contributed by atoms with Crippen LogP contribution in [-0.4, -0.2) is 19.4 Å². The average molecular weight is 349 g/mol. The lowest BCUT2D eigenvalue weighted by molar-refractivity contribution is -0.192. The second-order valence-electron chi connectivity index (χ2n) is 10.1. The topological polar surface area (TPSA) is 43.4 Å². The summed E-state index contributed by atoms with van der Waals surface area (Å²) in [4.78, 5) is 24.4. The van der Waals surface area contributed by atoms with E-state index in [1.54, 1.807) is 0 Å². The summed E-state index contributed by atoms with van der Waals surface area (Å²) in [5.74, 6) is 1.02. The molecule has 0 radical (unpaired) electrons. The average Bonchev–Trinajstić information content (AvgIpc) is 2.60. The van der Waals surface area contributed by atoms with Gasteiger partial charge in [0.2, 0.25) is 0 Å². The highest BCUT2D eigenvalue weighted by molar-refractivity contribution is 5.77. The van der Waals surface area contributed by atoms with E-state index in [-0.39, 0.29) is 27.6 Å². The minimum absolute atomic E-state index is 0.0130. The number of methoxy groups -OCH3 is 1. The molecular weight excluding hydrogens is 312 g/mol. The van der Waals surface area contributed by atoms with Gasteiger partial charge in [-0.25, -0.2) is 0 Å². The van der Waals surface area contributed by atoms with Gasteiger partial charge in [0, 0.05) is 5.41 Å². The summed E-state index contributed by atoms with van der Waals surface area (Å²) in [6, 6.07) is 0. The SMILES string of the molecule is CC[C@]12CCC3[C@@](C)(CCC[C@@]3(C)C(=O)OC)C1CC[C@](C)(C=O)C2. The molecule has 0 N–H and O–H groups in total. The molecule has 0 amide bonds. The molecular formula is C22H36O3. The van der Waals surface area contributed by atoms with Crippen molar-refractivity contribution >= 4 is 12.3 Å². The molecule has 0 saturated heterocycles. The molecule has 3 fully saturated rings. The van der Waals surface area contributed by atoms with E-state index in [0.29, 0.717) is 11.8 Å². The maximum absolute atomic E-state index is 12.7. The molecule has 3 saturated carbocycles. The highest BCUT2D eigenvalue weighted by atomic mass is 16.5. The van der Waals surface area contributed by atoms with Crippen molar-refractivity contribution in [3.8, 4) is 0 Å². The van der Waals surface area contributed by atoms with Crippen LogP contribution >= 0.6 is 0 Å². The first-order valence-corrected chi connectivity index (χ1v) is 10.2. The first-order valence-electron chi connectivity index (χ1n) is 10.2. The lowest BCUT2D eigenvalue weighted by Crippen LogP contribution is -2.60. The van der Waals surface area contributed by atoms with Crippen molar-refractivity contribution in [2.45, 2.75) is 85.5 Å². The van der Waals surface area contributed by atoms with Gasteiger partial charge in [-0.2, -0.15) is 0 Å². The van der Waals surface area contributed by atoms with Crippen LogP contribution in [0.5, 0.6) is 0 Å². The van der Waals surface area contributed by atoms with Crippen molar-refractivity contribution in [3.63, 3.8) is 0 Å². The molecule has 3 aliphatic rings. The smallest absolute Gasteiger partial charge is 0.311 e. The lowest BCUT2D eigenvalue weighted by Gasteiger charge is -2.65. The first-order chi connectivity index (χ1) is 11.7. The molecule has 142 valence electrons. The van der Waals surface area contributed by atoms with E-state index >= 15 is 0 Å². The third kappa shape index (κ3) is 2.59. The quantitative estimate of drug-likeness (QED) is 0.522. The molecule has 0 aromatic heterocycles. The molecule has 0 aromatic carbocycles. The predicted octanol–water partition coefficient (Wildman–Crippen LogP) is 5.17. The van der Waals surface area contributed by atoms with Crippen LogP contribution in [0.3, 0.4) is 0 Å². The van der Waals surface area contributed by atoms with Crippen LogP contribution in [0.4, 0.5) is 0 Å². The fourth-order valence-corrected chi connectivity index (χ4v) is 7.62. The van der Waals surface area contributed by atoms with E-state index < -0.39 is 0 Å². The fraction of sp³-hybridized carbons (Fsp3) is 0.909. The zero-order valence-electron chi connectivity index (χ0n) is 16.8. The Balaban J connectivity index is 2.00. The number of carbonyl (C=O) groups excluding carboxylic acids is 2. The summed E-state index contributed by atoms with van der Waals surface area (Å²) in [6.45, 7) is 9.07. The highest BCUT2D eigenvalue weighted by Gasteiger charge is 2.64. The molecule has 0 heterocycles. The van der Waals surface area contributed by atoms with Gasteiger partial charge in [0.15, 0.2) is 0 Å². The predicted molar refractivity (Wildman–Crippen MR) is 99.0 cm³/mol. The zero-order chi connectivity index (χ0) is 18.5. The van der Waals surface area contributed by atoms with E-state index in [9.17, 15) is 9.59 Å². The van der Waals surface area contributed by atoms with Crippen LogP contribution in [0.25, 0.3) is 0 Å². The fourth-order valence-electron chi connectivity index (χ4n) is 7.62. The minimum atomic E-state index is -0.340. The number of rotatable bonds is 3. The maximum Gasteiger partial charge on any atom is 0.311 e. The molecule has 0 aliphatic heterocycles. The van der Waals surface area contributed by atoms with E-state index in [2.05, 4.69) is 27.7 Å². The van der Waals surface area contributed by atoms with Crippen molar-refractivity contribution in [2.75, 3.05) is 7.11 Å². The summed E-state index contributed by atoms with van der Waals surface area (Å²) in [5.41, 5.74) is -0.0315. The van der Waals surface area contributed by atoms with Crippen molar-refractivity contribution in [2.24, 2.45) is 33.5 Å². The second-order valence-corrected chi connectivity index (χ2v) is 10.1. The van der Waals surface area contributed by atoms with E-state index in [4.69, 9.17) is 4.74 Å². The van der Waals surface area contributed by atoms with E-state index in [0.717, 1.165) is 51.4 Å². The van der Waals surface area contributed by atoms with Crippen molar-refractivity contribution < 1.29 is 14.3 Å². The normalized spacial score (nSPS) is 49.6. The number of aldehydes is 1. The van der Waals surface area contributed by atoms with Gasteiger partial charge in [-0.3, -0.25) is 4.79 Å². The van der Waals surface area contributed by atoms with Crippen LogP contribution < -0.4 is 0 Å². The summed E-state index contributed by atoms with van der Waals surface area (Å²) in [5, 5.41) is 0. The number of carbonyl (C=O) groups is 2. The number of hydrogen-bond acceptors (Lipinski definition) is 3. The molecule has 3 heteroatoms. The Morgan fingerprint density at radius 3 is 2.36 bits per heavy atom. The van der Waals surface area contributed by atoms with Gasteiger partial charge in [0.25, 0.3) is 0 Å². The standard InChI is InChI=1S/C22H36O3/c1-6-22-13-9-16-20(3,10-7-11-21(16,4)18(24)25-5)17(22)8-12-19(2,14-22)15-23/h15-17H,6-14H2,1-5H3/t16?,17?,19-,20+,21+,22+/m0/s1. The first kappa shape index (κ1) is 18.9. The molecule has 0 bridgehead atoms. The largest absolute Gasteiger partial charge is 0.469 e. The van der Waals surface area contributed by atoms with Gasteiger partial charge in [0.1, 0.15) is 6.29 Å². The summed E-state index contributed by atoms with van der Waals surface area (Å²) >= 11 is 0. The lowest BCUT2D eigenvalue weighted by atomic mass is 9.38. The Morgan fingerprint density at radius 1 is 1.08 bits per heavy atom. The Hall–Kier alpha value is -0.860. The minimum Gasteiger partial charge on any atom is -0.469 e. The third-order valence-electron chi connectivity index (χ3n) is 8.84. The summed E-state index contributed by atoms with van der Waals surface area (Å²) in [7, 11) is 1.54. The van der Waals surface area contributed by atoms with Crippen molar-refractivity contribution in [1.82, 2.24) is 0 Å². The molecule has 3 aliphatic carbocycles. The van der Waals surface area contributed by atoms with Crippen LogP contribution in [0.15, 0.2) is 0 Å². The molecule has 2 unspecified atom stereocenters. The number of fused-ring (bicyclic) bond motifs is 3. The van der Waals surface area contributed by atoms with E-state index in [1.807, 2.05) is 0 Å². The van der Waals surface area contributed by atoms with Gasteiger partial charge in [-0.05, 0) is 74.5 Å². The zero-order valence-corrected chi connectivity index (χ0v) is 16.8. The summed E-state index contributed by atoms with van der Waals surface area (Å²) < 4.78 is 5.24. The summed E-state index contributed by atoms with van der Waals surface area (Å²) in [6.07, 6.45) is 11.1. The van der Waals surface area contributed by atoms with Gasteiger partial charge < -0.3 is 9.53 Å². The van der Waals surface area contributed by atoms with Crippen LogP contribution in [0.1, 0.15) is 85.5 Å². The molecule has 0 spiro atoms.